The molecule has 0 aliphatic carbocycles. The first-order valence-corrected chi connectivity index (χ1v) is 8.77. The van der Waals surface area contributed by atoms with Gasteiger partial charge in [-0.3, -0.25) is 4.90 Å². The first-order valence-electron chi connectivity index (χ1n) is 7.89. The fraction of sp³-hybridized carbons (Fsp3) is 0.529. The van der Waals surface area contributed by atoms with E-state index >= 15 is 0 Å². The summed E-state index contributed by atoms with van der Waals surface area (Å²) < 4.78 is 5.76. The highest BCUT2D eigenvalue weighted by Crippen LogP contribution is 2.17. The highest BCUT2D eigenvalue weighted by Gasteiger charge is 2.20. The Morgan fingerprint density at radius 1 is 1.33 bits per heavy atom. The Morgan fingerprint density at radius 2 is 2.24 bits per heavy atom. The molecule has 1 saturated heterocycles. The molecule has 0 radical (unpaired) electrons. The third-order valence-electron chi connectivity index (χ3n) is 4.10. The second-order valence-corrected chi connectivity index (χ2v) is 6.79. The van der Waals surface area contributed by atoms with E-state index in [1.54, 1.807) is 0 Å². The van der Waals surface area contributed by atoms with Crippen molar-refractivity contribution in [3.63, 3.8) is 0 Å². The van der Waals surface area contributed by atoms with E-state index in [9.17, 15) is 0 Å². The van der Waals surface area contributed by atoms with Crippen molar-refractivity contribution in [2.24, 2.45) is 0 Å². The normalized spacial score (nSPS) is 20.0. The van der Waals surface area contributed by atoms with Gasteiger partial charge < -0.3 is 9.73 Å². The van der Waals surface area contributed by atoms with Crippen molar-refractivity contribution in [2.45, 2.75) is 45.3 Å². The van der Waals surface area contributed by atoms with Crippen LogP contribution in [0.2, 0.25) is 0 Å². The number of thiophene rings is 1. The quantitative estimate of drug-likeness (QED) is 0.883. The molecule has 1 aliphatic heterocycles. The fourth-order valence-electron chi connectivity index (χ4n) is 2.94. The molecule has 1 unspecified atom stereocenters. The Morgan fingerprint density at radius 3 is 3.00 bits per heavy atom. The van der Waals surface area contributed by atoms with E-state index in [4.69, 9.17) is 4.42 Å². The van der Waals surface area contributed by atoms with Crippen molar-refractivity contribution in [1.29, 1.82) is 0 Å². The summed E-state index contributed by atoms with van der Waals surface area (Å²) in [6, 6.07) is 9.13. The molecule has 2 aromatic rings. The zero-order valence-electron chi connectivity index (χ0n) is 12.7. The van der Waals surface area contributed by atoms with Gasteiger partial charge in [-0.2, -0.15) is 0 Å². The molecule has 4 heteroatoms. The van der Waals surface area contributed by atoms with E-state index in [1.807, 2.05) is 11.3 Å². The van der Waals surface area contributed by atoms with Crippen LogP contribution in [0.15, 0.2) is 34.1 Å². The van der Waals surface area contributed by atoms with Crippen LogP contribution >= 0.6 is 11.3 Å². The predicted octanol–water partition coefficient (Wildman–Crippen LogP) is 3.66. The topological polar surface area (TPSA) is 28.4 Å². The van der Waals surface area contributed by atoms with E-state index in [0.29, 0.717) is 6.04 Å². The van der Waals surface area contributed by atoms with Crippen LogP contribution in [0.5, 0.6) is 0 Å². The number of nitrogens with zero attached hydrogens (tertiary/aromatic N) is 1. The van der Waals surface area contributed by atoms with Crippen LogP contribution < -0.4 is 5.32 Å². The molecule has 0 amide bonds. The maximum absolute atomic E-state index is 5.76. The maximum atomic E-state index is 5.76. The van der Waals surface area contributed by atoms with Gasteiger partial charge in [-0.1, -0.05) is 13.0 Å². The van der Waals surface area contributed by atoms with Crippen molar-refractivity contribution >= 4 is 11.3 Å². The highest BCUT2D eigenvalue weighted by molar-refractivity contribution is 7.09. The lowest BCUT2D eigenvalue weighted by molar-refractivity contribution is 0.182. The minimum absolute atomic E-state index is 0.578. The van der Waals surface area contributed by atoms with E-state index in [0.717, 1.165) is 37.6 Å². The average molecular weight is 304 g/mol. The second-order valence-electron chi connectivity index (χ2n) is 5.76. The predicted molar refractivity (Wildman–Crippen MR) is 87.5 cm³/mol. The summed E-state index contributed by atoms with van der Waals surface area (Å²) in [5.74, 6) is 2.14. The molecule has 0 bridgehead atoms. The summed E-state index contributed by atoms with van der Waals surface area (Å²) in [6.07, 6.45) is 3.52. The van der Waals surface area contributed by atoms with Gasteiger partial charge in [-0.25, -0.2) is 0 Å². The molecule has 0 aromatic carbocycles. The van der Waals surface area contributed by atoms with Gasteiger partial charge in [-0.15, -0.1) is 11.3 Å². The van der Waals surface area contributed by atoms with Crippen LogP contribution in [0.3, 0.4) is 0 Å². The molecule has 1 N–H and O–H groups in total. The molecule has 1 atom stereocenters. The van der Waals surface area contributed by atoms with Crippen molar-refractivity contribution in [1.82, 2.24) is 10.2 Å². The van der Waals surface area contributed by atoms with Crippen LogP contribution in [0.1, 0.15) is 36.2 Å². The molecular formula is C17H24N2OS. The molecule has 0 spiro atoms. The van der Waals surface area contributed by atoms with Crippen molar-refractivity contribution < 1.29 is 4.42 Å². The number of hydrogen-bond acceptors (Lipinski definition) is 4. The van der Waals surface area contributed by atoms with Crippen molar-refractivity contribution in [3.8, 4) is 0 Å². The number of nitrogens with one attached hydrogen (secondary N) is 1. The van der Waals surface area contributed by atoms with Crippen LogP contribution in [-0.4, -0.2) is 24.0 Å². The Labute approximate surface area is 131 Å². The van der Waals surface area contributed by atoms with Crippen molar-refractivity contribution in [2.75, 3.05) is 13.1 Å². The molecule has 1 fully saturated rings. The number of rotatable bonds is 6. The van der Waals surface area contributed by atoms with Crippen LogP contribution in [0.4, 0.5) is 0 Å². The smallest absolute Gasteiger partial charge is 0.117 e. The Balaban J connectivity index is 1.47. The lowest BCUT2D eigenvalue weighted by atomic mass is 10.1. The van der Waals surface area contributed by atoms with E-state index in [1.165, 1.54) is 24.3 Å². The SMILES string of the molecule is CCc1ccc(CNC2CCCN(Cc3cccs3)C2)o1. The van der Waals surface area contributed by atoms with E-state index in [2.05, 4.69) is 46.8 Å². The molecule has 21 heavy (non-hydrogen) atoms. The van der Waals surface area contributed by atoms with Gasteiger partial charge in [0.1, 0.15) is 11.5 Å². The molecule has 2 aromatic heterocycles. The zero-order valence-corrected chi connectivity index (χ0v) is 13.5. The first-order chi connectivity index (χ1) is 10.3. The second kappa shape index (κ2) is 7.25. The average Bonchev–Trinajstić information content (AvgIpc) is 3.17. The van der Waals surface area contributed by atoms with Gasteiger partial charge >= 0.3 is 0 Å². The first kappa shape index (κ1) is 14.8. The minimum Gasteiger partial charge on any atom is -0.465 e. The molecule has 0 saturated carbocycles. The molecule has 114 valence electrons. The number of hydrogen-bond donors (Lipinski definition) is 1. The molecule has 3 heterocycles. The summed E-state index contributed by atoms with van der Waals surface area (Å²) in [6.45, 7) is 6.42. The summed E-state index contributed by atoms with van der Waals surface area (Å²) in [5, 5.41) is 5.82. The molecule has 3 rings (SSSR count). The Kier molecular flexibility index (Phi) is 5.12. The lowest BCUT2D eigenvalue weighted by Crippen LogP contribution is -2.44. The monoisotopic (exact) mass is 304 g/mol. The lowest BCUT2D eigenvalue weighted by Gasteiger charge is -2.32. The third kappa shape index (κ3) is 4.19. The Bertz CT molecular complexity index is 535. The minimum atomic E-state index is 0.578. The molecule has 1 aliphatic rings. The van der Waals surface area contributed by atoms with Crippen LogP contribution in [0.25, 0.3) is 0 Å². The Hall–Kier alpha value is -1.10. The number of aryl methyl sites for hydroxylation is 1. The fourth-order valence-corrected chi connectivity index (χ4v) is 3.69. The molecule has 3 nitrogen and oxygen atoms in total. The van der Waals surface area contributed by atoms with E-state index in [-0.39, 0.29) is 0 Å². The standard InChI is InChI=1S/C17H24N2OS/c1-2-15-7-8-16(20-15)11-18-14-5-3-9-19(12-14)13-17-6-4-10-21-17/h4,6-8,10,14,18H,2-3,5,9,11-13H2,1H3. The summed E-state index contributed by atoms with van der Waals surface area (Å²) in [7, 11) is 0. The van der Waals surface area contributed by atoms with Gasteiger partial charge in [-0.05, 0) is 43.0 Å². The maximum Gasteiger partial charge on any atom is 0.117 e. The molecular weight excluding hydrogens is 280 g/mol. The van der Waals surface area contributed by atoms with Gasteiger partial charge in [0.25, 0.3) is 0 Å². The summed E-state index contributed by atoms with van der Waals surface area (Å²) in [5.41, 5.74) is 0. The number of piperidine rings is 1. The zero-order chi connectivity index (χ0) is 14.5. The third-order valence-corrected chi connectivity index (χ3v) is 4.96. The van der Waals surface area contributed by atoms with E-state index < -0.39 is 0 Å². The number of likely N-dealkylation sites (tertiary alicyclic amines) is 1. The largest absolute Gasteiger partial charge is 0.465 e. The van der Waals surface area contributed by atoms with Gasteiger partial charge in [0.05, 0.1) is 6.54 Å². The van der Waals surface area contributed by atoms with Gasteiger partial charge in [0, 0.05) is 30.4 Å². The van der Waals surface area contributed by atoms with Gasteiger partial charge in [0.15, 0.2) is 0 Å². The van der Waals surface area contributed by atoms with Crippen LogP contribution in [-0.2, 0) is 19.5 Å². The van der Waals surface area contributed by atoms with Crippen molar-refractivity contribution in [3.05, 3.63) is 46.0 Å². The summed E-state index contributed by atoms with van der Waals surface area (Å²) in [4.78, 5) is 4.03. The summed E-state index contributed by atoms with van der Waals surface area (Å²) >= 11 is 1.86. The highest BCUT2D eigenvalue weighted by atomic mass is 32.1. The van der Waals surface area contributed by atoms with Crippen LogP contribution in [0, 0.1) is 0 Å². The van der Waals surface area contributed by atoms with Gasteiger partial charge in [0.2, 0.25) is 0 Å². The number of furan rings is 1.